The van der Waals surface area contributed by atoms with Crippen LogP contribution in [0.4, 0.5) is 17.2 Å². The lowest BCUT2D eigenvalue weighted by atomic mass is 9.89. The first kappa shape index (κ1) is 26.9. The molecule has 8 heteroatoms. The Morgan fingerprint density at radius 1 is 1.14 bits per heavy atom. The van der Waals surface area contributed by atoms with Gasteiger partial charge in [-0.2, -0.15) is 0 Å². The number of pyridine rings is 1. The lowest BCUT2D eigenvalue weighted by Crippen LogP contribution is -2.37. The molecule has 0 aliphatic carbocycles. The molecular weight excluding hydrogens is 464 g/mol. The van der Waals surface area contributed by atoms with E-state index in [1.54, 1.807) is 6.07 Å². The second kappa shape index (κ2) is 12.4. The van der Waals surface area contributed by atoms with Gasteiger partial charge in [0.2, 0.25) is 0 Å². The fourth-order valence-electron chi connectivity index (χ4n) is 5.60. The molecule has 0 saturated carbocycles. The summed E-state index contributed by atoms with van der Waals surface area (Å²) < 4.78 is 0. The number of nitrogens with one attached hydrogen (secondary N) is 2. The molecule has 2 aliphatic heterocycles. The molecule has 3 atom stereocenters. The normalized spacial score (nSPS) is 20.4. The van der Waals surface area contributed by atoms with Gasteiger partial charge in [-0.05, 0) is 92.8 Å². The lowest BCUT2D eigenvalue weighted by Gasteiger charge is -2.31. The molecule has 0 spiro atoms. The molecule has 4 rings (SSSR count). The molecule has 1 aromatic heterocycles. The van der Waals surface area contributed by atoms with Gasteiger partial charge in [0.05, 0.1) is 11.9 Å². The van der Waals surface area contributed by atoms with Crippen molar-refractivity contribution in [3.05, 3.63) is 47.7 Å². The van der Waals surface area contributed by atoms with E-state index in [1.807, 2.05) is 6.92 Å². The third kappa shape index (κ3) is 7.22. The van der Waals surface area contributed by atoms with E-state index >= 15 is 0 Å². The monoisotopic (exact) mass is 506 g/mol. The van der Waals surface area contributed by atoms with Crippen LogP contribution < -0.4 is 21.3 Å². The summed E-state index contributed by atoms with van der Waals surface area (Å²) in [5.74, 6) is 1.04. The molecule has 3 heterocycles. The lowest BCUT2D eigenvalue weighted by molar-refractivity contribution is -0.136. The Hall–Kier alpha value is -3.13. The number of carbonyl (C=O) groups is 2. The second-order valence-corrected chi connectivity index (χ2v) is 10.9. The van der Waals surface area contributed by atoms with E-state index in [-0.39, 0.29) is 5.92 Å². The zero-order valence-electron chi connectivity index (χ0n) is 22.5. The summed E-state index contributed by atoms with van der Waals surface area (Å²) in [6.45, 7) is 9.34. The van der Waals surface area contributed by atoms with Gasteiger partial charge in [-0.3, -0.25) is 9.59 Å². The van der Waals surface area contributed by atoms with E-state index in [4.69, 9.17) is 5.73 Å². The zero-order chi connectivity index (χ0) is 26.4. The van der Waals surface area contributed by atoms with Crippen LogP contribution in [0, 0.1) is 17.8 Å². The van der Waals surface area contributed by atoms with Gasteiger partial charge in [-0.1, -0.05) is 26.0 Å². The number of fused-ring (bicyclic) bond motifs is 1. The smallest absolute Gasteiger partial charge is 0.313 e. The quantitative estimate of drug-likeness (QED) is 0.451. The summed E-state index contributed by atoms with van der Waals surface area (Å²) in [7, 11) is 2.24. The fourth-order valence-corrected chi connectivity index (χ4v) is 5.60. The Kier molecular flexibility index (Phi) is 9.03. The average Bonchev–Trinajstić information content (AvgIpc) is 3.32. The van der Waals surface area contributed by atoms with Crippen LogP contribution in [-0.2, 0) is 22.4 Å². The minimum Gasteiger partial charge on any atom is -0.383 e. The summed E-state index contributed by atoms with van der Waals surface area (Å²) in [5, 5.41) is 5.35. The highest BCUT2D eigenvalue weighted by molar-refractivity contribution is 6.39. The minimum atomic E-state index is -0.690. The standard InChI is InChI=1S/C29H42N6O2/c1-4-22-14-25(16-31-27(22)30)33-29(37)28(36)32-15-20(2)6-5-7-21-8-10-26(11-9-21)35-18-23-12-13-34(3)17-24(23)19-35/h8-11,14,16,20,23-24H,4-7,12-13,15,17-19H2,1-3H3,(H2,30,31)(H,32,36)(H,33,37)/t20-,23+,24-/m0/s1. The van der Waals surface area contributed by atoms with Crippen molar-refractivity contribution in [1.82, 2.24) is 15.2 Å². The molecule has 2 amide bonds. The van der Waals surface area contributed by atoms with E-state index in [9.17, 15) is 9.59 Å². The highest BCUT2D eigenvalue weighted by Crippen LogP contribution is 2.33. The largest absolute Gasteiger partial charge is 0.383 e. The molecule has 1 aromatic carbocycles. The van der Waals surface area contributed by atoms with Crippen LogP contribution in [0.25, 0.3) is 0 Å². The SMILES string of the molecule is CCc1cc(NC(=O)C(=O)NC[C@@H](C)CCCc2ccc(N3C[C@H]4CCN(C)C[C@H]4C3)cc2)cnc1N. The van der Waals surface area contributed by atoms with Gasteiger partial charge in [0.15, 0.2) is 0 Å². The van der Waals surface area contributed by atoms with E-state index < -0.39 is 11.8 Å². The minimum absolute atomic E-state index is 0.284. The maximum Gasteiger partial charge on any atom is 0.313 e. The Bertz CT molecular complexity index is 1070. The van der Waals surface area contributed by atoms with Crippen molar-refractivity contribution < 1.29 is 9.59 Å². The van der Waals surface area contributed by atoms with Crippen molar-refractivity contribution in [2.45, 2.75) is 46.0 Å². The molecule has 0 unspecified atom stereocenters. The first-order valence-electron chi connectivity index (χ1n) is 13.7. The van der Waals surface area contributed by atoms with E-state index in [0.29, 0.717) is 24.5 Å². The maximum atomic E-state index is 12.2. The van der Waals surface area contributed by atoms with Crippen LogP contribution in [0.2, 0.25) is 0 Å². The van der Waals surface area contributed by atoms with Crippen LogP contribution in [0.1, 0.15) is 44.2 Å². The number of nitrogen functional groups attached to an aromatic ring is 1. The summed E-state index contributed by atoms with van der Waals surface area (Å²) in [6, 6.07) is 10.8. The molecule has 2 aliphatic rings. The maximum absolute atomic E-state index is 12.2. The Morgan fingerprint density at radius 3 is 2.65 bits per heavy atom. The fraction of sp³-hybridized carbons (Fsp3) is 0.552. The Balaban J connectivity index is 1.14. The van der Waals surface area contributed by atoms with Crippen LogP contribution in [0.5, 0.6) is 0 Å². The number of piperidine rings is 1. The van der Waals surface area contributed by atoms with Crippen LogP contribution in [-0.4, -0.2) is 61.5 Å². The van der Waals surface area contributed by atoms with Crippen LogP contribution >= 0.6 is 0 Å². The van der Waals surface area contributed by atoms with Gasteiger partial charge in [0.25, 0.3) is 0 Å². The predicted molar refractivity (Wildman–Crippen MR) is 150 cm³/mol. The summed E-state index contributed by atoms with van der Waals surface area (Å²) >= 11 is 0. The zero-order valence-corrected chi connectivity index (χ0v) is 22.5. The topological polar surface area (TPSA) is 104 Å². The third-order valence-electron chi connectivity index (χ3n) is 7.93. The number of nitrogens with two attached hydrogens (primary N) is 1. The van der Waals surface area contributed by atoms with Crippen molar-refractivity contribution in [2.75, 3.05) is 55.7 Å². The molecular formula is C29H42N6O2. The van der Waals surface area contributed by atoms with Gasteiger partial charge >= 0.3 is 11.8 Å². The van der Waals surface area contributed by atoms with Crippen molar-refractivity contribution >= 4 is 29.0 Å². The van der Waals surface area contributed by atoms with E-state index in [2.05, 4.69) is 63.7 Å². The molecule has 2 saturated heterocycles. The van der Waals surface area contributed by atoms with Gasteiger partial charge in [-0.25, -0.2) is 4.98 Å². The predicted octanol–water partition coefficient (Wildman–Crippen LogP) is 3.33. The summed E-state index contributed by atoms with van der Waals surface area (Å²) in [4.78, 5) is 33.6. The number of rotatable bonds is 9. The number of amides is 2. The summed E-state index contributed by atoms with van der Waals surface area (Å²) in [6.07, 6.45) is 6.52. The Morgan fingerprint density at radius 2 is 1.89 bits per heavy atom. The number of anilines is 3. The van der Waals surface area contributed by atoms with Crippen molar-refractivity contribution in [1.29, 1.82) is 0 Å². The number of hydrogen-bond acceptors (Lipinski definition) is 6. The average molecular weight is 507 g/mol. The number of benzene rings is 1. The second-order valence-electron chi connectivity index (χ2n) is 10.9. The van der Waals surface area contributed by atoms with Crippen LogP contribution in [0.3, 0.4) is 0 Å². The molecule has 0 bridgehead atoms. The van der Waals surface area contributed by atoms with Crippen molar-refractivity contribution in [3.63, 3.8) is 0 Å². The van der Waals surface area contributed by atoms with Gasteiger partial charge in [0.1, 0.15) is 5.82 Å². The molecule has 4 N–H and O–H groups in total. The first-order valence-corrected chi connectivity index (χ1v) is 13.7. The highest BCUT2D eigenvalue weighted by atomic mass is 16.2. The molecule has 2 fully saturated rings. The molecule has 2 aromatic rings. The number of likely N-dealkylation sites (tertiary alicyclic amines) is 1. The first-order chi connectivity index (χ1) is 17.8. The van der Waals surface area contributed by atoms with E-state index in [0.717, 1.165) is 36.7 Å². The third-order valence-corrected chi connectivity index (χ3v) is 7.93. The van der Waals surface area contributed by atoms with Crippen molar-refractivity contribution in [2.24, 2.45) is 17.8 Å². The van der Waals surface area contributed by atoms with Crippen LogP contribution in [0.15, 0.2) is 36.5 Å². The van der Waals surface area contributed by atoms with Gasteiger partial charge in [-0.15, -0.1) is 0 Å². The van der Waals surface area contributed by atoms with Crippen molar-refractivity contribution in [3.8, 4) is 0 Å². The van der Waals surface area contributed by atoms with E-state index in [1.165, 1.54) is 50.0 Å². The summed E-state index contributed by atoms with van der Waals surface area (Å²) in [5.41, 5.74) is 9.80. The van der Waals surface area contributed by atoms with Gasteiger partial charge < -0.3 is 26.2 Å². The van der Waals surface area contributed by atoms with Gasteiger partial charge in [0, 0.05) is 31.9 Å². The number of aromatic nitrogens is 1. The molecule has 0 radical (unpaired) electrons. The Labute approximate surface area is 221 Å². The number of hydrogen-bond donors (Lipinski definition) is 3. The number of carbonyl (C=O) groups excluding carboxylic acids is 2. The number of nitrogens with zero attached hydrogens (tertiary/aromatic N) is 3. The molecule has 8 nitrogen and oxygen atoms in total. The highest BCUT2D eigenvalue weighted by Gasteiger charge is 2.36. The molecule has 200 valence electrons. The molecule has 37 heavy (non-hydrogen) atoms. The number of aryl methyl sites for hydroxylation is 2.